The maximum absolute atomic E-state index is 15.0. The fourth-order valence-corrected chi connectivity index (χ4v) is 3.85. The lowest BCUT2D eigenvalue weighted by atomic mass is 9.93. The van der Waals surface area contributed by atoms with Gasteiger partial charge in [0.1, 0.15) is 11.7 Å². The third-order valence-corrected chi connectivity index (χ3v) is 5.67. The Balaban J connectivity index is 2.03. The maximum atomic E-state index is 15.0. The number of hydrogen-bond acceptors (Lipinski definition) is 4. The highest BCUT2D eigenvalue weighted by Gasteiger charge is 2.42. The van der Waals surface area contributed by atoms with Crippen LogP contribution in [0.25, 0.3) is 5.83 Å². The second-order valence-corrected chi connectivity index (χ2v) is 8.83. The fraction of sp³-hybridized carbons (Fsp3) is 0.240. The van der Waals surface area contributed by atoms with Gasteiger partial charge in [0.2, 0.25) is 5.95 Å². The van der Waals surface area contributed by atoms with E-state index < -0.39 is 75.4 Å². The molecule has 3 rings (SSSR count). The quantitative estimate of drug-likeness (QED) is 0.203. The highest BCUT2D eigenvalue weighted by Crippen LogP contribution is 2.42. The summed E-state index contributed by atoms with van der Waals surface area (Å²) in [6.07, 6.45) is -13.2. The maximum Gasteiger partial charge on any atom is 0.417 e. The van der Waals surface area contributed by atoms with Crippen molar-refractivity contribution in [1.29, 1.82) is 0 Å². The van der Waals surface area contributed by atoms with Crippen molar-refractivity contribution < 1.29 is 48.7 Å². The third kappa shape index (κ3) is 7.49. The van der Waals surface area contributed by atoms with Crippen LogP contribution in [-0.2, 0) is 12.4 Å². The molecule has 0 aliphatic carbocycles. The molecule has 0 N–H and O–H groups in total. The second kappa shape index (κ2) is 11.4. The molecule has 0 aliphatic heterocycles. The van der Waals surface area contributed by atoms with Gasteiger partial charge in [0.25, 0.3) is 0 Å². The number of carbonyl (C=O) groups excluding carboxylic acids is 1. The van der Waals surface area contributed by atoms with Crippen LogP contribution in [0, 0.1) is 0 Å². The fourth-order valence-electron chi connectivity index (χ4n) is 3.61. The predicted octanol–water partition coefficient (Wildman–Crippen LogP) is 8.14. The number of hydrogen-bond donors (Lipinski definition) is 0. The average Bonchev–Trinajstić information content (AvgIpc) is 2.85. The van der Waals surface area contributed by atoms with Crippen molar-refractivity contribution in [3.8, 4) is 0 Å². The van der Waals surface area contributed by atoms with Gasteiger partial charge in [0.05, 0.1) is 17.7 Å². The Morgan fingerprint density at radius 3 is 2.12 bits per heavy atom. The molecule has 1 atom stereocenters. The van der Waals surface area contributed by atoms with E-state index >= 15 is 0 Å². The van der Waals surface area contributed by atoms with Crippen molar-refractivity contribution in [3.63, 3.8) is 0 Å². The van der Waals surface area contributed by atoms with Gasteiger partial charge in [-0.05, 0) is 42.0 Å². The van der Waals surface area contributed by atoms with Crippen LogP contribution in [0.4, 0.5) is 49.9 Å². The van der Waals surface area contributed by atoms with Crippen LogP contribution >= 0.6 is 11.6 Å². The van der Waals surface area contributed by atoms with Gasteiger partial charge in [0, 0.05) is 35.6 Å². The molecular weight excluding hydrogens is 584 g/mol. The summed E-state index contributed by atoms with van der Waals surface area (Å²) in [5.41, 5.74) is -6.14. The zero-order valence-corrected chi connectivity index (χ0v) is 20.7. The SMILES string of the molecule is CN(CC(=O)c1ccc(/C(F)=C/C(c2cc(Cl)cc(C(F)(F)F)c2)C(F)(F)F)cc1C(F)(F)F)c1ncccn1. The first-order chi connectivity index (χ1) is 18.4. The smallest absolute Gasteiger partial charge is 0.336 e. The van der Waals surface area contributed by atoms with E-state index in [1.807, 2.05) is 0 Å². The number of likely N-dealkylation sites (N-methyl/N-ethyl adjacent to an activating group) is 1. The van der Waals surface area contributed by atoms with Crippen LogP contribution in [-0.4, -0.2) is 35.5 Å². The van der Waals surface area contributed by atoms with E-state index in [9.17, 15) is 48.7 Å². The molecule has 0 saturated carbocycles. The van der Waals surface area contributed by atoms with Crippen LogP contribution < -0.4 is 4.90 Å². The number of Topliss-reactive ketones (excluding diaryl/α,β-unsaturated/α-hetero) is 1. The Labute approximate surface area is 224 Å². The number of nitrogens with zero attached hydrogens (tertiary/aromatic N) is 3. The molecular formula is C25H16ClF10N3O. The Bertz CT molecular complexity index is 1400. The molecule has 40 heavy (non-hydrogen) atoms. The summed E-state index contributed by atoms with van der Waals surface area (Å²) in [5.74, 6) is -5.88. The van der Waals surface area contributed by atoms with Gasteiger partial charge in [-0.3, -0.25) is 4.79 Å². The van der Waals surface area contributed by atoms with Crippen molar-refractivity contribution in [1.82, 2.24) is 9.97 Å². The van der Waals surface area contributed by atoms with Crippen LogP contribution in [0.1, 0.15) is 38.5 Å². The molecule has 1 unspecified atom stereocenters. The van der Waals surface area contributed by atoms with E-state index in [0.29, 0.717) is 24.3 Å². The molecule has 1 aromatic heterocycles. The Hall–Kier alpha value is -3.68. The number of rotatable bonds is 7. The van der Waals surface area contributed by atoms with Gasteiger partial charge >= 0.3 is 18.5 Å². The molecule has 1 heterocycles. The number of anilines is 1. The van der Waals surface area contributed by atoms with E-state index in [0.717, 1.165) is 4.90 Å². The number of aromatic nitrogens is 2. The highest BCUT2D eigenvalue weighted by atomic mass is 35.5. The lowest BCUT2D eigenvalue weighted by Crippen LogP contribution is -2.28. The normalized spacial score (nSPS) is 13.8. The number of carbonyl (C=O) groups is 1. The summed E-state index contributed by atoms with van der Waals surface area (Å²) in [7, 11) is 1.33. The van der Waals surface area contributed by atoms with E-state index in [2.05, 4.69) is 9.97 Å². The molecule has 0 saturated heterocycles. The Morgan fingerprint density at radius 1 is 0.950 bits per heavy atom. The molecule has 0 amide bonds. The number of allylic oxidation sites excluding steroid dienone is 1. The van der Waals surface area contributed by atoms with Crippen LogP contribution in [0.5, 0.6) is 0 Å². The predicted molar refractivity (Wildman–Crippen MR) is 125 cm³/mol. The van der Waals surface area contributed by atoms with Gasteiger partial charge in [0.15, 0.2) is 5.78 Å². The lowest BCUT2D eigenvalue weighted by Gasteiger charge is -2.20. The van der Waals surface area contributed by atoms with Crippen molar-refractivity contribution in [2.75, 3.05) is 18.5 Å². The molecule has 214 valence electrons. The Kier molecular flexibility index (Phi) is 8.82. The molecule has 4 nitrogen and oxygen atoms in total. The summed E-state index contributed by atoms with van der Waals surface area (Å²) in [6.45, 7) is -0.628. The van der Waals surface area contributed by atoms with E-state index in [1.54, 1.807) is 0 Å². The summed E-state index contributed by atoms with van der Waals surface area (Å²) in [4.78, 5) is 21.5. The highest BCUT2D eigenvalue weighted by molar-refractivity contribution is 6.30. The van der Waals surface area contributed by atoms with Gasteiger partial charge in [-0.2, -0.15) is 39.5 Å². The molecule has 0 spiro atoms. The van der Waals surface area contributed by atoms with Gasteiger partial charge in [-0.1, -0.05) is 23.7 Å². The van der Waals surface area contributed by atoms with Crippen molar-refractivity contribution in [2.45, 2.75) is 24.4 Å². The topological polar surface area (TPSA) is 46.1 Å². The minimum absolute atomic E-state index is 0.0166. The van der Waals surface area contributed by atoms with E-state index in [-0.39, 0.29) is 24.2 Å². The van der Waals surface area contributed by atoms with Gasteiger partial charge in [-0.25, -0.2) is 14.4 Å². The number of halogens is 11. The van der Waals surface area contributed by atoms with Crippen LogP contribution in [0.2, 0.25) is 5.02 Å². The third-order valence-electron chi connectivity index (χ3n) is 5.45. The summed E-state index contributed by atoms with van der Waals surface area (Å²) < 4.78 is 137. The lowest BCUT2D eigenvalue weighted by molar-refractivity contribution is -0.142. The van der Waals surface area contributed by atoms with E-state index in [4.69, 9.17) is 11.6 Å². The van der Waals surface area contributed by atoms with Crippen molar-refractivity contribution >= 4 is 29.2 Å². The second-order valence-electron chi connectivity index (χ2n) is 8.39. The largest absolute Gasteiger partial charge is 0.417 e. The van der Waals surface area contributed by atoms with Crippen LogP contribution in [0.3, 0.4) is 0 Å². The number of benzene rings is 2. The molecule has 3 aromatic rings. The molecule has 2 aromatic carbocycles. The first-order valence-corrected chi connectivity index (χ1v) is 11.3. The molecule has 15 heteroatoms. The first-order valence-electron chi connectivity index (χ1n) is 10.9. The van der Waals surface area contributed by atoms with E-state index in [1.165, 1.54) is 25.5 Å². The van der Waals surface area contributed by atoms with Crippen molar-refractivity contribution in [2.24, 2.45) is 0 Å². The molecule has 0 bridgehead atoms. The minimum Gasteiger partial charge on any atom is -0.336 e. The standard InChI is InChI=1S/C25H16ClF10N3O/c1-39(22-37-5-2-6-38-22)12-21(40)17-4-3-13(9-19(17)25(34,35)36)20(27)11-18(24(31,32)33)14-7-15(23(28,29)30)10-16(26)8-14/h2-11,18H,12H2,1H3/b20-11-. The zero-order valence-electron chi connectivity index (χ0n) is 20.0. The average molecular weight is 600 g/mol. The summed E-state index contributed by atoms with van der Waals surface area (Å²) in [6, 6.07) is 3.87. The van der Waals surface area contributed by atoms with Crippen LogP contribution in [0.15, 0.2) is 60.9 Å². The molecule has 0 aliphatic rings. The zero-order chi connectivity index (χ0) is 30.0. The monoisotopic (exact) mass is 599 g/mol. The molecule has 0 fully saturated rings. The first kappa shape index (κ1) is 30.9. The Morgan fingerprint density at radius 2 is 1.57 bits per heavy atom. The van der Waals surface area contributed by atoms with Gasteiger partial charge < -0.3 is 4.90 Å². The molecule has 0 radical (unpaired) electrons. The summed E-state index contributed by atoms with van der Waals surface area (Å²) >= 11 is 5.55. The minimum atomic E-state index is -5.35. The van der Waals surface area contributed by atoms with Crippen molar-refractivity contribution in [3.05, 3.63) is 93.8 Å². The summed E-state index contributed by atoms with van der Waals surface area (Å²) in [5, 5.41) is -0.721. The van der Waals surface area contributed by atoms with Gasteiger partial charge in [-0.15, -0.1) is 0 Å². The number of alkyl halides is 9. The number of ketones is 1.